The second kappa shape index (κ2) is 19.1. The summed E-state index contributed by atoms with van der Waals surface area (Å²) < 4.78 is 15.2. The minimum Gasteiger partial charge on any atom is -0.492 e. The quantitative estimate of drug-likeness (QED) is 0.0583. The molecule has 6 aromatic carbocycles. The maximum absolute atomic E-state index is 7.50. The lowest BCUT2D eigenvalue weighted by molar-refractivity contribution is -0.981. The Morgan fingerprint density at radius 1 is 0.742 bits per heavy atom. The van der Waals surface area contributed by atoms with Gasteiger partial charge in [0, 0.05) is 64.6 Å². The van der Waals surface area contributed by atoms with Gasteiger partial charge in [-0.25, -0.2) is 4.98 Å². The number of hydrogen-bond acceptors (Lipinski definition) is 5. The van der Waals surface area contributed by atoms with Crippen molar-refractivity contribution in [1.82, 2.24) is 15.0 Å². The highest BCUT2D eigenvalue weighted by Gasteiger charge is 2.52. The molecule has 0 radical (unpaired) electrons. The van der Waals surface area contributed by atoms with Gasteiger partial charge in [0.15, 0.2) is 5.82 Å². The summed E-state index contributed by atoms with van der Waals surface area (Å²) in [5.41, 5.74) is 10.3. The highest BCUT2D eigenvalue weighted by molar-refractivity contribution is 6.32. The van der Waals surface area contributed by atoms with Gasteiger partial charge in [-0.1, -0.05) is 171 Å². The molecule has 3 aliphatic rings. The van der Waals surface area contributed by atoms with Crippen molar-refractivity contribution in [3.63, 3.8) is 0 Å². The summed E-state index contributed by atoms with van der Waals surface area (Å²) in [7, 11) is 0. The molecule has 11 rings (SSSR count). The second-order valence-corrected chi connectivity index (χ2v) is 18.9. The Morgan fingerprint density at radius 2 is 1.35 bits per heavy atom. The van der Waals surface area contributed by atoms with Crippen molar-refractivity contribution in [1.29, 1.82) is 0 Å². The van der Waals surface area contributed by atoms with E-state index < -0.39 is 0 Å². The van der Waals surface area contributed by atoms with Crippen molar-refractivity contribution >= 4 is 22.5 Å². The first-order chi connectivity index (χ1) is 32.4. The summed E-state index contributed by atoms with van der Waals surface area (Å²) in [6.45, 7) is 12.4. The summed E-state index contributed by atoms with van der Waals surface area (Å²) in [4.78, 5) is 14.9. The fraction of sp³-hybridized carbons (Fsp3) is 0.237. The number of benzene rings is 6. The van der Waals surface area contributed by atoms with Gasteiger partial charge in [-0.3, -0.25) is 4.98 Å². The van der Waals surface area contributed by atoms with E-state index in [9.17, 15) is 0 Å². The van der Waals surface area contributed by atoms with Crippen LogP contribution in [0.3, 0.4) is 0 Å². The largest absolute Gasteiger partial charge is 0.492 e. The molecule has 3 fully saturated rings. The van der Waals surface area contributed by atoms with E-state index >= 15 is 0 Å². The Bertz CT molecular complexity index is 2880. The number of pyridine rings is 1. The number of aromatic nitrogens is 3. The zero-order valence-corrected chi connectivity index (χ0v) is 38.5. The predicted molar refractivity (Wildman–Crippen MR) is 269 cm³/mol. The monoisotopic (exact) mass is 887 g/mol. The van der Waals surface area contributed by atoms with E-state index in [0.717, 1.165) is 99.0 Å². The molecule has 4 unspecified atom stereocenters. The van der Waals surface area contributed by atoms with Crippen molar-refractivity contribution in [3.8, 4) is 56.4 Å². The third-order valence-electron chi connectivity index (χ3n) is 13.8. The molecule has 330 valence electrons. The number of hydrogen-bond donors (Lipinski definition) is 0. The maximum atomic E-state index is 7.50. The van der Waals surface area contributed by atoms with Crippen molar-refractivity contribution in [3.05, 3.63) is 199 Å². The number of para-hydroxylation sites is 1. The maximum Gasteiger partial charge on any atom is 0.227 e. The van der Waals surface area contributed by atoms with Gasteiger partial charge < -0.3 is 14.0 Å². The van der Waals surface area contributed by atoms with Gasteiger partial charge in [-0.15, -0.1) is 6.58 Å². The first-order valence-corrected chi connectivity index (χ1v) is 23.8. The molecule has 0 aliphatic carbocycles. The van der Waals surface area contributed by atoms with Crippen molar-refractivity contribution in [2.45, 2.75) is 51.8 Å². The van der Waals surface area contributed by atoms with Crippen LogP contribution in [0, 0.1) is 17.8 Å². The molecule has 2 aromatic heterocycles. The smallest absolute Gasteiger partial charge is 0.227 e. The molecule has 5 heterocycles. The first-order valence-electron chi connectivity index (χ1n) is 23.4. The van der Waals surface area contributed by atoms with Crippen LogP contribution >= 0.6 is 11.6 Å². The van der Waals surface area contributed by atoms with Gasteiger partial charge >= 0.3 is 0 Å². The average Bonchev–Trinajstić information content (AvgIpc) is 3.36. The van der Waals surface area contributed by atoms with E-state index in [2.05, 4.69) is 124 Å². The van der Waals surface area contributed by atoms with E-state index in [1.54, 1.807) is 0 Å². The Morgan fingerprint density at radius 3 is 1.98 bits per heavy atom. The molecule has 0 spiro atoms. The fourth-order valence-electron chi connectivity index (χ4n) is 10.6. The number of rotatable bonds is 15. The Kier molecular flexibility index (Phi) is 12.5. The van der Waals surface area contributed by atoms with Gasteiger partial charge in [0.2, 0.25) is 5.88 Å². The minimum absolute atomic E-state index is 0.264. The predicted octanol–water partition coefficient (Wildman–Crippen LogP) is 14.5. The normalized spacial score (nSPS) is 19.4. The molecular formula is C59H56ClN4O2+. The van der Waals surface area contributed by atoms with Crippen LogP contribution in [0.1, 0.15) is 50.3 Å². The molecule has 66 heavy (non-hydrogen) atoms. The lowest BCUT2D eigenvalue weighted by Crippen LogP contribution is -2.66. The Labute approximate surface area is 394 Å². The molecule has 0 saturated carbocycles. The van der Waals surface area contributed by atoms with Gasteiger partial charge in [0.05, 0.1) is 36.8 Å². The van der Waals surface area contributed by atoms with Crippen LogP contribution in [0.25, 0.3) is 55.7 Å². The Balaban J connectivity index is 1.11. The SMILES string of the molecule is C=CC1C[N+]2(Cc3cc(-c4ccccc4)c(OCC(C)C)c(-c4ccccc4)c3)CCC1CC2C[C@@H](Oc1nc(-c2ccccc2)nc(Cl)c1-c1ccccc1)c1ccnc2ccccc12. The summed E-state index contributed by atoms with van der Waals surface area (Å²) in [5.74, 6) is 3.28. The number of quaternary nitrogens is 1. The average molecular weight is 889 g/mol. The molecule has 8 aromatic rings. The molecule has 6 nitrogen and oxygen atoms in total. The summed E-state index contributed by atoms with van der Waals surface area (Å²) in [6.07, 6.45) is 6.74. The fourth-order valence-corrected chi connectivity index (χ4v) is 10.9. The zero-order chi connectivity index (χ0) is 45.0. The molecule has 5 atom stereocenters. The summed E-state index contributed by atoms with van der Waals surface area (Å²) in [6, 6.07) is 57.2. The van der Waals surface area contributed by atoms with E-state index in [4.69, 9.17) is 36.0 Å². The van der Waals surface area contributed by atoms with Crippen LogP contribution in [-0.4, -0.2) is 45.2 Å². The van der Waals surface area contributed by atoms with Crippen LogP contribution in [0.5, 0.6) is 11.6 Å². The first kappa shape index (κ1) is 43.3. The molecule has 3 saturated heterocycles. The number of piperidine rings is 3. The number of nitrogens with zero attached hydrogens (tertiary/aromatic N) is 4. The molecule has 0 amide bonds. The Hall–Kier alpha value is -6.60. The van der Waals surface area contributed by atoms with Gasteiger partial charge in [-0.2, -0.15) is 4.98 Å². The number of halogens is 1. The van der Waals surface area contributed by atoms with Gasteiger partial charge in [-0.05, 0) is 52.8 Å². The van der Waals surface area contributed by atoms with Gasteiger partial charge in [0.1, 0.15) is 23.6 Å². The zero-order valence-electron chi connectivity index (χ0n) is 37.8. The molecule has 3 aliphatic heterocycles. The van der Waals surface area contributed by atoms with Crippen molar-refractivity contribution < 1.29 is 14.0 Å². The minimum atomic E-state index is -0.386. The van der Waals surface area contributed by atoms with E-state index in [1.807, 2.05) is 72.9 Å². The third kappa shape index (κ3) is 8.88. The van der Waals surface area contributed by atoms with E-state index in [0.29, 0.717) is 46.8 Å². The summed E-state index contributed by atoms with van der Waals surface area (Å²) in [5, 5.41) is 1.42. The van der Waals surface area contributed by atoms with Crippen LogP contribution in [0.15, 0.2) is 183 Å². The van der Waals surface area contributed by atoms with Crippen LogP contribution in [0.2, 0.25) is 5.15 Å². The van der Waals surface area contributed by atoms with Crippen molar-refractivity contribution in [2.24, 2.45) is 17.8 Å². The van der Waals surface area contributed by atoms with Crippen LogP contribution in [0.4, 0.5) is 0 Å². The topological polar surface area (TPSA) is 57.1 Å². The molecule has 0 N–H and O–H groups in total. The second-order valence-electron chi connectivity index (χ2n) is 18.6. The highest BCUT2D eigenvalue weighted by Crippen LogP contribution is 2.49. The van der Waals surface area contributed by atoms with Crippen LogP contribution in [-0.2, 0) is 6.54 Å². The molecule has 2 bridgehead atoms. The third-order valence-corrected chi connectivity index (χ3v) is 14.1. The van der Waals surface area contributed by atoms with E-state index in [1.165, 1.54) is 5.56 Å². The van der Waals surface area contributed by atoms with Gasteiger partial charge in [0.25, 0.3) is 0 Å². The molecule has 7 heteroatoms. The summed E-state index contributed by atoms with van der Waals surface area (Å²) >= 11 is 7.23. The highest BCUT2D eigenvalue weighted by atomic mass is 35.5. The number of fused-ring (bicyclic) bond motifs is 4. The van der Waals surface area contributed by atoms with E-state index in [-0.39, 0.29) is 12.1 Å². The number of ether oxygens (including phenoxy) is 2. The lowest BCUT2D eigenvalue weighted by Gasteiger charge is -2.57. The lowest BCUT2D eigenvalue weighted by atomic mass is 9.71. The molecular weight excluding hydrogens is 832 g/mol. The standard InChI is InChI=1S/C59H56ClN4O2/c1-4-42-38-64(37-41-33-51(43-19-9-5-10-20-43)56(65-39-40(2)3)52(34-41)44-21-11-6-12-22-44)32-30-47(42)35-48(64)36-54(50-29-31-61-53-28-18-17-27-49(50)53)66-59-55(45-23-13-7-14-24-45)57(60)62-58(63-59)46-25-15-8-16-26-46/h4-29,31,33-34,40,42,47-48,54H,1,30,32,35-39H2,2-3H3/q+1/t42?,47?,48?,54-,64?/m1/s1. The van der Waals surface area contributed by atoms with Crippen LogP contribution < -0.4 is 9.47 Å². The van der Waals surface area contributed by atoms with Crippen molar-refractivity contribution in [2.75, 3.05) is 19.7 Å².